The molecule has 0 spiro atoms. The summed E-state index contributed by atoms with van der Waals surface area (Å²) in [5, 5.41) is 2.05. The van der Waals surface area contributed by atoms with E-state index < -0.39 is 16.7 Å². The summed E-state index contributed by atoms with van der Waals surface area (Å²) in [5.74, 6) is -0.951. The Morgan fingerprint density at radius 1 is 1.04 bits per heavy atom. The molecule has 0 amide bonds. The van der Waals surface area contributed by atoms with Crippen LogP contribution < -0.4 is 0 Å². The van der Waals surface area contributed by atoms with Crippen LogP contribution in [0.5, 0.6) is 0 Å². The first-order valence-corrected chi connectivity index (χ1v) is 10.1. The number of unbranched alkanes of at least 4 members (excludes halogenated alkanes) is 1. The normalized spacial score (nSPS) is 19.3. The van der Waals surface area contributed by atoms with Crippen LogP contribution in [0.25, 0.3) is 10.8 Å². The number of hydrogen-bond acceptors (Lipinski definition) is 0. The van der Waals surface area contributed by atoms with E-state index in [2.05, 4.69) is 37.3 Å². The monoisotopic (exact) mass is 384 g/mol. The van der Waals surface area contributed by atoms with Gasteiger partial charge in [-0.15, -0.1) is 0 Å². The molecule has 0 radical (unpaired) electrons. The first-order valence-electron chi connectivity index (χ1n) is 9.75. The summed E-state index contributed by atoms with van der Waals surface area (Å²) in [7, 11) is 0. The van der Waals surface area contributed by atoms with Gasteiger partial charge in [0.1, 0.15) is 16.7 Å². The Bertz CT molecular complexity index is 956. The molecule has 3 heteroatoms. The molecule has 1 aliphatic rings. The zero-order valence-electron chi connectivity index (χ0n) is 15.4. The standard InChI is InChI=1S/C24H23ClF2/c1-2-3-6-16-10-11-19-18-8-5-4-7-15(18)9-12-20(19)23(16)17-13-21(26)24(25)22(27)14-17/h4-5,7-9,12-14,16,23H,2-3,6,10-11H2,1H3/t16-,23-/m1/s1. The number of aryl methyl sites for hydroxylation is 1. The summed E-state index contributed by atoms with van der Waals surface area (Å²) in [6, 6.07) is 15.5. The van der Waals surface area contributed by atoms with Gasteiger partial charge < -0.3 is 0 Å². The molecule has 1 aliphatic carbocycles. The molecule has 0 aromatic heterocycles. The van der Waals surface area contributed by atoms with Crippen molar-refractivity contribution < 1.29 is 8.78 Å². The van der Waals surface area contributed by atoms with Crippen molar-refractivity contribution in [2.24, 2.45) is 5.92 Å². The first kappa shape index (κ1) is 18.4. The molecule has 0 nitrogen and oxygen atoms in total. The Kier molecular flexibility index (Phi) is 5.19. The number of rotatable bonds is 4. The zero-order valence-corrected chi connectivity index (χ0v) is 16.2. The molecule has 0 saturated carbocycles. The number of benzene rings is 3. The van der Waals surface area contributed by atoms with Gasteiger partial charge in [-0.05, 0) is 64.8 Å². The second-order valence-electron chi connectivity index (χ2n) is 7.57. The fourth-order valence-corrected chi connectivity index (χ4v) is 4.77. The van der Waals surface area contributed by atoms with E-state index in [4.69, 9.17) is 11.6 Å². The van der Waals surface area contributed by atoms with Gasteiger partial charge >= 0.3 is 0 Å². The maximum atomic E-state index is 14.2. The highest BCUT2D eigenvalue weighted by Gasteiger charge is 2.32. The minimum Gasteiger partial charge on any atom is -0.205 e. The Morgan fingerprint density at radius 3 is 2.52 bits per heavy atom. The number of halogens is 3. The van der Waals surface area contributed by atoms with E-state index in [1.165, 1.54) is 34.0 Å². The Balaban J connectivity index is 1.89. The smallest absolute Gasteiger partial charge is 0.145 e. The van der Waals surface area contributed by atoms with Gasteiger partial charge in [0.2, 0.25) is 0 Å². The van der Waals surface area contributed by atoms with Gasteiger partial charge in [-0.25, -0.2) is 8.78 Å². The minimum atomic E-state index is -0.672. The highest BCUT2D eigenvalue weighted by atomic mass is 35.5. The maximum Gasteiger partial charge on any atom is 0.145 e. The van der Waals surface area contributed by atoms with E-state index in [0.29, 0.717) is 11.5 Å². The van der Waals surface area contributed by atoms with Crippen LogP contribution in [-0.4, -0.2) is 0 Å². The van der Waals surface area contributed by atoms with E-state index in [1.54, 1.807) is 0 Å². The molecule has 0 aliphatic heterocycles. The van der Waals surface area contributed by atoms with Crippen molar-refractivity contribution in [1.29, 1.82) is 0 Å². The van der Waals surface area contributed by atoms with Crippen molar-refractivity contribution in [3.8, 4) is 0 Å². The molecule has 3 aromatic carbocycles. The van der Waals surface area contributed by atoms with Gasteiger partial charge in [0.25, 0.3) is 0 Å². The highest BCUT2D eigenvalue weighted by Crippen LogP contribution is 2.45. The summed E-state index contributed by atoms with van der Waals surface area (Å²) in [6.45, 7) is 2.18. The summed E-state index contributed by atoms with van der Waals surface area (Å²) in [4.78, 5) is 0. The molecule has 27 heavy (non-hydrogen) atoms. The summed E-state index contributed by atoms with van der Waals surface area (Å²) >= 11 is 5.74. The van der Waals surface area contributed by atoms with Crippen molar-refractivity contribution in [3.05, 3.63) is 81.9 Å². The first-order chi connectivity index (χ1) is 13.1. The fraction of sp³-hybridized carbons (Fsp3) is 0.333. The lowest BCUT2D eigenvalue weighted by atomic mass is 9.69. The van der Waals surface area contributed by atoms with Crippen LogP contribution in [0, 0.1) is 17.6 Å². The average molecular weight is 385 g/mol. The van der Waals surface area contributed by atoms with Crippen molar-refractivity contribution in [1.82, 2.24) is 0 Å². The maximum absolute atomic E-state index is 14.2. The molecule has 0 N–H and O–H groups in total. The van der Waals surface area contributed by atoms with E-state index in [0.717, 1.165) is 32.1 Å². The molecule has 0 saturated heterocycles. The minimum absolute atomic E-state index is 0.00572. The molecular weight excluding hydrogens is 362 g/mol. The molecular formula is C24H23ClF2. The molecule has 0 unspecified atom stereocenters. The Hall–Kier alpha value is -1.93. The molecule has 2 atom stereocenters. The second-order valence-corrected chi connectivity index (χ2v) is 7.95. The Morgan fingerprint density at radius 2 is 1.78 bits per heavy atom. The third kappa shape index (κ3) is 3.36. The van der Waals surface area contributed by atoms with Gasteiger partial charge in [0.05, 0.1) is 0 Å². The lowest BCUT2D eigenvalue weighted by Gasteiger charge is -2.35. The van der Waals surface area contributed by atoms with Crippen LogP contribution >= 0.6 is 11.6 Å². The molecule has 3 aromatic rings. The van der Waals surface area contributed by atoms with E-state index in [9.17, 15) is 8.78 Å². The number of fused-ring (bicyclic) bond motifs is 3. The quantitative estimate of drug-likeness (QED) is 0.405. The van der Waals surface area contributed by atoms with Crippen molar-refractivity contribution in [2.45, 2.75) is 44.9 Å². The second kappa shape index (κ2) is 7.59. The third-order valence-corrected chi connectivity index (χ3v) is 6.30. The van der Waals surface area contributed by atoms with Crippen LogP contribution in [0.15, 0.2) is 48.5 Å². The molecule has 140 valence electrons. The van der Waals surface area contributed by atoms with Crippen LogP contribution in [0.1, 0.15) is 55.2 Å². The molecule has 0 fully saturated rings. The summed E-state index contributed by atoms with van der Waals surface area (Å²) < 4.78 is 28.5. The Labute approximate surface area is 164 Å². The largest absolute Gasteiger partial charge is 0.205 e. The van der Waals surface area contributed by atoms with Gasteiger partial charge in [-0.1, -0.05) is 67.8 Å². The van der Waals surface area contributed by atoms with Crippen LogP contribution in [0.2, 0.25) is 5.02 Å². The van der Waals surface area contributed by atoms with Gasteiger partial charge in [0, 0.05) is 5.92 Å². The SMILES string of the molecule is CCCC[C@@H]1CCc2c(ccc3ccccc23)[C@H]1c1cc(F)c(Cl)c(F)c1. The van der Waals surface area contributed by atoms with Gasteiger partial charge in [-0.2, -0.15) is 0 Å². The summed E-state index contributed by atoms with van der Waals surface area (Å²) in [6.07, 6.45) is 5.37. The summed E-state index contributed by atoms with van der Waals surface area (Å²) in [5.41, 5.74) is 3.23. The predicted octanol–water partition coefficient (Wildman–Crippen LogP) is 7.66. The van der Waals surface area contributed by atoms with Gasteiger partial charge in [-0.3, -0.25) is 0 Å². The highest BCUT2D eigenvalue weighted by molar-refractivity contribution is 6.30. The molecule has 0 bridgehead atoms. The molecule has 0 heterocycles. The number of hydrogen-bond donors (Lipinski definition) is 0. The zero-order chi connectivity index (χ0) is 19.0. The predicted molar refractivity (Wildman–Crippen MR) is 108 cm³/mol. The van der Waals surface area contributed by atoms with Crippen LogP contribution in [-0.2, 0) is 6.42 Å². The lowest BCUT2D eigenvalue weighted by molar-refractivity contribution is 0.371. The van der Waals surface area contributed by atoms with Crippen LogP contribution in [0.3, 0.4) is 0 Å². The van der Waals surface area contributed by atoms with E-state index in [1.807, 2.05) is 6.07 Å². The molecule has 4 rings (SSSR count). The fourth-order valence-electron chi connectivity index (χ4n) is 4.66. The lowest BCUT2D eigenvalue weighted by Crippen LogP contribution is -2.22. The third-order valence-electron chi connectivity index (χ3n) is 5.94. The van der Waals surface area contributed by atoms with Crippen molar-refractivity contribution >= 4 is 22.4 Å². The van der Waals surface area contributed by atoms with Crippen LogP contribution in [0.4, 0.5) is 8.78 Å². The van der Waals surface area contributed by atoms with Crippen molar-refractivity contribution in [2.75, 3.05) is 0 Å². The van der Waals surface area contributed by atoms with E-state index >= 15 is 0 Å². The van der Waals surface area contributed by atoms with Crippen molar-refractivity contribution in [3.63, 3.8) is 0 Å². The van der Waals surface area contributed by atoms with E-state index in [-0.39, 0.29) is 5.92 Å². The van der Waals surface area contributed by atoms with Gasteiger partial charge in [0.15, 0.2) is 0 Å². The topological polar surface area (TPSA) is 0 Å². The average Bonchev–Trinajstić information content (AvgIpc) is 2.69.